The average Bonchev–Trinajstić information content (AvgIpc) is 3.10. The number of hydrogen-bond donors (Lipinski definition) is 1. The van der Waals surface area contributed by atoms with Crippen molar-refractivity contribution < 1.29 is 30.7 Å². The molecule has 0 spiro atoms. The van der Waals surface area contributed by atoms with Crippen LogP contribution in [0.15, 0.2) is 53.7 Å². The first kappa shape index (κ1) is 24.0. The van der Waals surface area contributed by atoms with Crippen molar-refractivity contribution in [2.75, 3.05) is 0 Å². The van der Waals surface area contributed by atoms with Gasteiger partial charge in [-0.15, -0.1) is 0 Å². The van der Waals surface area contributed by atoms with Crippen LogP contribution in [0.25, 0.3) is 0 Å². The van der Waals surface area contributed by atoms with Crippen LogP contribution in [0.2, 0.25) is 0 Å². The fraction of sp³-hybridized carbons (Fsp3) is 0.263. The molecule has 3 rings (SSSR count). The molecule has 5 nitrogen and oxygen atoms in total. The first-order valence-corrected chi connectivity index (χ1v) is 8.94. The average molecular weight is 449 g/mol. The van der Waals surface area contributed by atoms with E-state index in [-0.39, 0.29) is 29.6 Å². The summed E-state index contributed by atoms with van der Waals surface area (Å²) in [4.78, 5) is 5.03. The molecule has 2 heterocycles. The second-order valence-electron chi connectivity index (χ2n) is 5.98. The van der Waals surface area contributed by atoms with Gasteiger partial charge in [0.1, 0.15) is 6.54 Å². The van der Waals surface area contributed by atoms with E-state index in [9.17, 15) is 30.7 Å². The summed E-state index contributed by atoms with van der Waals surface area (Å²) in [6.45, 7) is 5.63. The normalized spacial score (nSPS) is 15.4. The van der Waals surface area contributed by atoms with Crippen molar-refractivity contribution in [2.45, 2.75) is 33.1 Å². The van der Waals surface area contributed by atoms with E-state index in [1.165, 1.54) is 6.07 Å². The molecule has 31 heavy (non-hydrogen) atoms. The predicted molar refractivity (Wildman–Crippen MR) is 100 cm³/mol. The molecule has 1 aromatic heterocycles. The lowest BCUT2D eigenvalue weighted by Gasteiger charge is -2.28. The highest BCUT2D eigenvalue weighted by Crippen LogP contribution is 2.24. The smallest absolute Gasteiger partial charge is 0.323 e. The van der Waals surface area contributed by atoms with Gasteiger partial charge in [-0.05, 0) is 17.7 Å². The Hall–Kier alpha value is -3.31. The van der Waals surface area contributed by atoms with Crippen molar-refractivity contribution in [3.05, 3.63) is 71.7 Å². The summed E-state index contributed by atoms with van der Waals surface area (Å²) in [5, 5.41) is 5.99. The monoisotopic (exact) mass is 449 g/mol. The molecular formula is C19H18F7N5. The number of benzene rings is 1. The van der Waals surface area contributed by atoms with Crippen LogP contribution in [-0.2, 0) is 13.1 Å². The van der Waals surface area contributed by atoms with Crippen molar-refractivity contribution in [1.29, 1.82) is 0 Å². The molecule has 12 heteroatoms. The largest absolute Gasteiger partial charge is 0.408 e. The van der Waals surface area contributed by atoms with Crippen LogP contribution in [-0.4, -0.2) is 26.8 Å². The second-order valence-corrected chi connectivity index (χ2v) is 5.98. The van der Waals surface area contributed by atoms with Crippen molar-refractivity contribution in [2.24, 2.45) is 4.99 Å². The van der Waals surface area contributed by atoms with E-state index in [2.05, 4.69) is 22.0 Å². The Balaban J connectivity index is 0.00000166. The number of allylic oxidation sites excluding steroid dienone is 1. The maximum atomic E-state index is 13.9. The summed E-state index contributed by atoms with van der Waals surface area (Å²) in [6, 6.07) is 2.60. The quantitative estimate of drug-likeness (QED) is 0.509. The van der Waals surface area contributed by atoms with Crippen LogP contribution in [0.1, 0.15) is 19.4 Å². The highest BCUT2D eigenvalue weighted by atomic mass is 19.4. The number of guanidine groups is 1. The van der Waals surface area contributed by atoms with Gasteiger partial charge in [-0.3, -0.25) is 0 Å². The summed E-state index contributed by atoms with van der Waals surface area (Å²) in [5.74, 6) is -5.78. The van der Waals surface area contributed by atoms with E-state index in [4.69, 9.17) is 0 Å². The minimum absolute atomic E-state index is 0.0729. The minimum atomic E-state index is -4.56. The van der Waals surface area contributed by atoms with E-state index < -0.39 is 36.0 Å². The maximum absolute atomic E-state index is 13.9. The van der Waals surface area contributed by atoms with Gasteiger partial charge >= 0.3 is 6.18 Å². The summed E-state index contributed by atoms with van der Waals surface area (Å²) in [5.41, 5.74) is -0.297. The molecule has 1 N–H and O–H groups in total. The lowest BCUT2D eigenvalue weighted by atomic mass is 10.2. The molecule has 0 saturated heterocycles. The topological polar surface area (TPSA) is 45.5 Å². The molecule has 1 aromatic carbocycles. The predicted octanol–water partition coefficient (Wildman–Crippen LogP) is 5.31. The van der Waals surface area contributed by atoms with Gasteiger partial charge in [0.25, 0.3) is 0 Å². The number of halogens is 7. The Morgan fingerprint density at radius 1 is 1.10 bits per heavy atom. The molecule has 0 aliphatic carbocycles. The van der Waals surface area contributed by atoms with Crippen molar-refractivity contribution in [3.8, 4) is 0 Å². The molecule has 1 aliphatic rings. The molecule has 0 radical (unpaired) electrons. The van der Waals surface area contributed by atoms with Crippen molar-refractivity contribution in [3.63, 3.8) is 0 Å². The van der Waals surface area contributed by atoms with Gasteiger partial charge in [0.2, 0.25) is 5.96 Å². The van der Waals surface area contributed by atoms with Gasteiger partial charge in [0, 0.05) is 12.3 Å². The summed E-state index contributed by atoms with van der Waals surface area (Å²) in [6.07, 6.45) is -2.57. The lowest BCUT2D eigenvalue weighted by Crippen LogP contribution is -2.41. The lowest BCUT2D eigenvalue weighted by molar-refractivity contribution is -0.142. The first-order chi connectivity index (χ1) is 14.5. The highest BCUT2D eigenvalue weighted by Gasteiger charge is 2.30. The SMILES string of the molecule is C=C1N/C(=N/c2ccnn2CC(F)(F)F)N(Cc2cc(F)c(F)c(F)c2)C=C1F.CC. The zero-order valence-corrected chi connectivity index (χ0v) is 16.4. The maximum Gasteiger partial charge on any atom is 0.408 e. The number of aliphatic imine (C=N–C) groups is 1. The molecule has 0 bridgehead atoms. The Morgan fingerprint density at radius 3 is 2.29 bits per heavy atom. The second kappa shape index (κ2) is 9.67. The number of hydrogen-bond acceptors (Lipinski definition) is 2. The molecule has 1 aliphatic heterocycles. The molecule has 0 amide bonds. The van der Waals surface area contributed by atoms with Gasteiger partial charge in [0.15, 0.2) is 29.1 Å². The third-order valence-corrected chi connectivity index (χ3v) is 3.73. The number of aromatic nitrogens is 2. The fourth-order valence-electron chi connectivity index (χ4n) is 2.47. The molecule has 0 unspecified atom stereocenters. The standard InChI is InChI=1S/C17H12F7N5.C2H6/c1-9-13(20)7-28(6-10-4-11(18)15(21)12(19)5-10)16(26-9)27-14-2-3-25-29(14)8-17(22,23)24;1-2/h2-5,7H,1,6,8H2,(H,26,27);1-2H3. The number of nitrogens with zero attached hydrogens (tertiary/aromatic N) is 4. The molecule has 0 saturated carbocycles. The van der Waals surface area contributed by atoms with Crippen LogP contribution in [0.3, 0.4) is 0 Å². The molecule has 0 fully saturated rings. The van der Waals surface area contributed by atoms with E-state index in [0.29, 0.717) is 16.8 Å². The first-order valence-electron chi connectivity index (χ1n) is 8.94. The molecule has 2 aromatic rings. The highest BCUT2D eigenvalue weighted by molar-refractivity contribution is 5.86. The zero-order chi connectivity index (χ0) is 23.3. The number of nitrogens with one attached hydrogen (secondary N) is 1. The van der Waals surface area contributed by atoms with Crippen LogP contribution >= 0.6 is 0 Å². The Labute approximate surface area is 173 Å². The molecular weight excluding hydrogens is 431 g/mol. The molecule has 0 atom stereocenters. The number of rotatable bonds is 4. The minimum Gasteiger partial charge on any atom is -0.323 e. The van der Waals surface area contributed by atoms with Gasteiger partial charge in [-0.25, -0.2) is 22.2 Å². The van der Waals surface area contributed by atoms with E-state index >= 15 is 0 Å². The van der Waals surface area contributed by atoms with E-state index in [0.717, 1.165) is 17.3 Å². The fourth-order valence-corrected chi connectivity index (χ4v) is 2.47. The van der Waals surface area contributed by atoms with Gasteiger partial charge in [-0.2, -0.15) is 23.3 Å². The van der Waals surface area contributed by atoms with Gasteiger partial charge in [0.05, 0.1) is 18.4 Å². The summed E-state index contributed by atoms with van der Waals surface area (Å²) < 4.78 is 92.5. The Kier molecular flexibility index (Phi) is 7.47. The third kappa shape index (κ3) is 6.09. The summed E-state index contributed by atoms with van der Waals surface area (Å²) >= 11 is 0. The van der Waals surface area contributed by atoms with Crippen LogP contribution in [0, 0.1) is 17.5 Å². The third-order valence-electron chi connectivity index (χ3n) is 3.73. The van der Waals surface area contributed by atoms with Crippen LogP contribution < -0.4 is 5.32 Å². The zero-order valence-electron chi connectivity index (χ0n) is 16.4. The molecule has 168 valence electrons. The van der Waals surface area contributed by atoms with Gasteiger partial charge < -0.3 is 10.2 Å². The summed E-state index contributed by atoms with van der Waals surface area (Å²) in [7, 11) is 0. The number of alkyl halides is 3. The Morgan fingerprint density at radius 2 is 1.71 bits per heavy atom. The van der Waals surface area contributed by atoms with Gasteiger partial charge in [-0.1, -0.05) is 20.4 Å². The van der Waals surface area contributed by atoms with E-state index in [1.807, 2.05) is 13.8 Å². The van der Waals surface area contributed by atoms with Crippen LogP contribution in [0.5, 0.6) is 0 Å². The Bertz CT molecular complexity index is 984. The van der Waals surface area contributed by atoms with E-state index in [1.54, 1.807) is 0 Å². The van der Waals surface area contributed by atoms with Crippen molar-refractivity contribution >= 4 is 11.8 Å². The van der Waals surface area contributed by atoms with Crippen molar-refractivity contribution in [1.82, 2.24) is 20.0 Å². The van der Waals surface area contributed by atoms with Crippen LogP contribution in [0.4, 0.5) is 36.6 Å².